The van der Waals surface area contributed by atoms with Gasteiger partial charge >= 0.3 is 6.09 Å². The molecule has 1 aliphatic heterocycles. The summed E-state index contributed by atoms with van der Waals surface area (Å²) < 4.78 is 6.06. The molecule has 3 amide bonds. The first-order chi connectivity index (χ1) is 13.8. The van der Waals surface area contributed by atoms with E-state index in [9.17, 15) is 14.4 Å². The monoisotopic (exact) mass is 468 g/mol. The van der Waals surface area contributed by atoms with Crippen molar-refractivity contribution in [2.75, 3.05) is 51.2 Å². The Kier molecular flexibility index (Phi) is 9.40. The van der Waals surface area contributed by atoms with Gasteiger partial charge in [-0.05, 0) is 40.4 Å². The van der Waals surface area contributed by atoms with E-state index in [4.69, 9.17) is 4.74 Å². The average Bonchev–Trinajstić information content (AvgIpc) is 2.92. The third-order valence-corrected chi connectivity index (χ3v) is 5.04. The maximum atomic E-state index is 12.2. The van der Waals surface area contributed by atoms with Crippen molar-refractivity contribution in [3.8, 4) is 0 Å². The van der Waals surface area contributed by atoms with Crippen molar-refractivity contribution in [3.05, 3.63) is 28.7 Å². The Hall–Kier alpha value is -2.13. The van der Waals surface area contributed by atoms with Gasteiger partial charge in [0, 0.05) is 30.7 Å². The minimum Gasteiger partial charge on any atom is -0.449 e. The lowest BCUT2D eigenvalue weighted by Crippen LogP contribution is -2.42. The second kappa shape index (κ2) is 11.8. The fourth-order valence-electron chi connectivity index (χ4n) is 2.84. The normalized spacial score (nSPS) is 15.0. The van der Waals surface area contributed by atoms with Crippen LogP contribution in [0, 0.1) is 5.92 Å². The number of carbonyl (C=O) groups is 3. The van der Waals surface area contributed by atoms with E-state index in [0.717, 1.165) is 10.9 Å². The number of hydrogen-bond donors (Lipinski definition) is 2. The van der Waals surface area contributed by atoms with Crippen molar-refractivity contribution in [2.45, 2.75) is 20.3 Å². The molecule has 160 valence electrons. The number of benzene rings is 1. The van der Waals surface area contributed by atoms with Gasteiger partial charge in [0.05, 0.1) is 25.4 Å². The standard InChI is InChI=1S/C20H29BrN4O4/c1-15(2)14-29-20(28)25-9-5-8-24(10-11-25)13-19(27)22-12-18(26)23-17-7-4-3-6-16(17)21/h3-4,6-7,15H,5,8-14H2,1-2H3,(H,22,27)(H,23,26). The van der Waals surface area contributed by atoms with Crippen LogP contribution in [0.1, 0.15) is 20.3 Å². The van der Waals surface area contributed by atoms with Crippen molar-refractivity contribution in [3.63, 3.8) is 0 Å². The summed E-state index contributed by atoms with van der Waals surface area (Å²) in [4.78, 5) is 40.0. The van der Waals surface area contributed by atoms with Gasteiger partial charge < -0.3 is 20.3 Å². The molecule has 0 spiro atoms. The molecule has 9 heteroatoms. The lowest BCUT2D eigenvalue weighted by atomic mass is 10.2. The van der Waals surface area contributed by atoms with Crippen LogP contribution in [-0.4, -0.2) is 73.6 Å². The summed E-state index contributed by atoms with van der Waals surface area (Å²) in [6.07, 6.45) is 0.473. The number of nitrogens with one attached hydrogen (secondary N) is 2. The molecule has 1 heterocycles. The smallest absolute Gasteiger partial charge is 0.409 e. The molecular weight excluding hydrogens is 440 g/mol. The van der Waals surface area contributed by atoms with E-state index < -0.39 is 0 Å². The summed E-state index contributed by atoms with van der Waals surface area (Å²) in [7, 11) is 0. The quantitative estimate of drug-likeness (QED) is 0.640. The SMILES string of the molecule is CC(C)COC(=O)N1CCCN(CC(=O)NCC(=O)Nc2ccccc2Br)CC1. The molecule has 1 fully saturated rings. The molecule has 2 N–H and O–H groups in total. The molecule has 0 aromatic heterocycles. The van der Waals surface area contributed by atoms with E-state index in [-0.39, 0.29) is 31.0 Å². The molecule has 0 atom stereocenters. The predicted octanol–water partition coefficient (Wildman–Crippen LogP) is 2.30. The second-order valence-electron chi connectivity index (χ2n) is 7.39. The van der Waals surface area contributed by atoms with Crippen molar-refractivity contribution in [2.24, 2.45) is 5.92 Å². The summed E-state index contributed by atoms with van der Waals surface area (Å²) in [5.41, 5.74) is 0.656. The van der Waals surface area contributed by atoms with Gasteiger partial charge in [-0.15, -0.1) is 0 Å². The summed E-state index contributed by atoms with van der Waals surface area (Å²) in [6.45, 7) is 6.93. The van der Waals surface area contributed by atoms with Crippen LogP contribution in [0.25, 0.3) is 0 Å². The van der Waals surface area contributed by atoms with E-state index in [1.54, 1.807) is 11.0 Å². The molecule has 0 unspecified atom stereocenters. The van der Waals surface area contributed by atoms with E-state index >= 15 is 0 Å². The second-order valence-corrected chi connectivity index (χ2v) is 8.25. The van der Waals surface area contributed by atoms with Crippen LogP contribution < -0.4 is 10.6 Å². The minimum atomic E-state index is -0.297. The van der Waals surface area contributed by atoms with Crippen LogP contribution in [0.3, 0.4) is 0 Å². The third-order valence-electron chi connectivity index (χ3n) is 4.35. The topological polar surface area (TPSA) is 91.0 Å². The predicted molar refractivity (Wildman–Crippen MR) is 115 cm³/mol. The lowest BCUT2D eigenvalue weighted by Gasteiger charge is -2.21. The molecule has 1 aromatic rings. The molecule has 2 rings (SSSR count). The third kappa shape index (κ3) is 8.41. The zero-order valence-corrected chi connectivity index (χ0v) is 18.5. The number of halogens is 1. The van der Waals surface area contributed by atoms with Crippen LogP contribution in [0.5, 0.6) is 0 Å². The minimum absolute atomic E-state index is 0.0956. The molecule has 0 aliphatic carbocycles. The first-order valence-electron chi connectivity index (χ1n) is 9.80. The Morgan fingerprint density at radius 3 is 2.59 bits per heavy atom. The van der Waals surface area contributed by atoms with Crippen molar-refractivity contribution >= 4 is 39.5 Å². The Labute approximate surface area is 180 Å². The van der Waals surface area contributed by atoms with Crippen LogP contribution in [0.4, 0.5) is 10.5 Å². The van der Waals surface area contributed by atoms with Crippen molar-refractivity contribution in [1.29, 1.82) is 0 Å². The summed E-state index contributed by atoms with van der Waals surface area (Å²) >= 11 is 3.36. The largest absolute Gasteiger partial charge is 0.449 e. The van der Waals surface area contributed by atoms with Gasteiger partial charge in [-0.2, -0.15) is 0 Å². The number of carbonyl (C=O) groups excluding carboxylic acids is 3. The molecule has 0 saturated carbocycles. The molecule has 0 radical (unpaired) electrons. The highest BCUT2D eigenvalue weighted by Crippen LogP contribution is 2.20. The van der Waals surface area contributed by atoms with Gasteiger partial charge in [0.2, 0.25) is 11.8 Å². The number of para-hydroxylation sites is 1. The first kappa shape index (κ1) is 23.2. The number of hydrogen-bond acceptors (Lipinski definition) is 5. The van der Waals surface area contributed by atoms with Gasteiger partial charge in [-0.1, -0.05) is 26.0 Å². The molecule has 1 aromatic carbocycles. The zero-order chi connectivity index (χ0) is 21.2. The van der Waals surface area contributed by atoms with E-state index in [2.05, 4.69) is 26.6 Å². The summed E-state index contributed by atoms with van der Waals surface area (Å²) in [5, 5.41) is 5.39. The van der Waals surface area contributed by atoms with Gasteiger partial charge in [0.15, 0.2) is 0 Å². The molecule has 29 heavy (non-hydrogen) atoms. The van der Waals surface area contributed by atoms with E-state index in [1.807, 2.05) is 36.9 Å². The summed E-state index contributed by atoms with van der Waals surface area (Å²) in [5.74, 6) is -0.213. The Balaban J connectivity index is 1.70. The maximum Gasteiger partial charge on any atom is 0.409 e. The number of ether oxygens (including phenoxy) is 1. The van der Waals surface area contributed by atoms with E-state index in [1.165, 1.54) is 0 Å². The number of rotatable bonds is 7. The highest BCUT2D eigenvalue weighted by molar-refractivity contribution is 9.10. The Bertz CT molecular complexity index is 713. The molecule has 0 bridgehead atoms. The van der Waals surface area contributed by atoms with Crippen molar-refractivity contribution in [1.82, 2.24) is 15.1 Å². The average molecular weight is 469 g/mol. The van der Waals surface area contributed by atoms with Gasteiger partial charge in [-0.25, -0.2) is 4.79 Å². The Morgan fingerprint density at radius 2 is 1.86 bits per heavy atom. The lowest BCUT2D eigenvalue weighted by molar-refractivity contribution is -0.125. The van der Waals surface area contributed by atoms with Gasteiger partial charge in [0.1, 0.15) is 0 Å². The number of anilines is 1. The number of amides is 3. The zero-order valence-electron chi connectivity index (χ0n) is 16.9. The fourth-order valence-corrected chi connectivity index (χ4v) is 3.22. The van der Waals surface area contributed by atoms with Crippen LogP contribution in [0.15, 0.2) is 28.7 Å². The molecule has 1 saturated heterocycles. The fraction of sp³-hybridized carbons (Fsp3) is 0.550. The van der Waals surface area contributed by atoms with Crippen molar-refractivity contribution < 1.29 is 19.1 Å². The Morgan fingerprint density at radius 1 is 1.10 bits per heavy atom. The summed E-state index contributed by atoms with van der Waals surface area (Å²) in [6, 6.07) is 7.28. The maximum absolute atomic E-state index is 12.2. The molecular formula is C20H29BrN4O4. The van der Waals surface area contributed by atoms with Gasteiger partial charge in [-0.3, -0.25) is 14.5 Å². The molecule has 8 nitrogen and oxygen atoms in total. The first-order valence-corrected chi connectivity index (χ1v) is 10.6. The highest BCUT2D eigenvalue weighted by Gasteiger charge is 2.21. The van der Waals surface area contributed by atoms with Crippen LogP contribution in [0.2, 0.25) is 0 Å². The number of nitrogens with zero attached hydrogens (tertiary/aromatic N) is 2. The van der Waals surface area contributed by atoms with Gasteiger partial charge in [0.25, 0.3) is 0 Å². The highest BCUT2D eigenvalue weighted by atomic mass is 79.9. The van der Waals surface area contributed by atoms with E-state index in [0.29, 0.717) is 44.4 Å². The van der Waals surface area contributed by atoms with Crippen LogP contribution >= 0.6 is 15.9 Å². The van der Waals surface area contributed by atoms with Crippen LogP contribution in [-0.2, 0) is 14.3 Å². The molecule has 1 aliphatic rings.